The summed E-state index contributed by atoms with van der Waals surface area (Å²) in [6.07, 6.45) is 9.54. The Labute approximate surface area is 102 Å². The van der Waals surface area contributed by atoms with E-state index in [0.717, 1.165) is 12.7 Å². The standard InChI is InChI=1S/C14H30N2/c1-4-6-9-14-10-7-11-16(14)12-15-13(3)8-5-2/h13-15H,4-12H2,1-3H3. The van der Waals surface area contributed by atoms with Crippen molar-refractivity contribution in [1.29, 1.82) is 0 Å². The fraction of sp³-hybridized carbons (Fsp3) is 1.00. The van der Waals surface area contributed by atoms with E-state index in [0.29, 0.717) is 6.04 Å². The van der Waals surface area contributed by atoms with Gasteiger partial charge in [0, 0.05) is 18.8 Å². The summed E-state index contributed by atoms with van der Waals surface area (Å²) in [5.41, 5.74) is 0. The van der Waals surface area contributed by atoms with E-state index in [9.17, 15) is 0 Å². The fourth-order valence-electron chi connectivity index (χ4n) is 2.68. The zero-order valence-electron chi connectivity index (χ0n) is 11.5. The van der Waals surface area contributed by atoms with Crippen LogP contribution in [0.1, 0.15) is 65.7 Å². The molecule has 0 radical (unpaired) electrons. The molecule has 0 saturated carbocycles. The molecule has 2 atom stereocenters. The minimum absolute atomic E-state index is 0.678. The normalized spacial score (nSPS) is 23.8. The van der Waals surface area contributed by atoms with Crippen molar-refractivity contribution in [3.05, 3.63) is 0 Å². The molecule has 1 rings (SSSR count). The number of hydrogen-bond acceptors (Lipinski definition) is 2. The van der Waals surface area contributed by atoms with Gasteiger partial charge in [-0.15, -0.1) is 0 Å². The van der Waals surface area contributed by atoms with Crippen molar-refractivity contribution in [2.75, 3.05) is 13.2 Å². The minimum atomic E-state index is 0.678. The second-order valence-corrected chi connectivity index (χ2v) is 5.30. The largest absolute Gasteiger partial charge is 0.302 e. The van der Waals surface area contributed by atoms with E-state index in [2.05, 4.69) is 31.0 Å². The molecule has 2 heteroatoms. The van der Waals surface area contributed by atoms with Crippen molar-refractivity contribution in [3.63, 3.8) is 0 Å². The van der Waals surface area contributed by atoms with E-state index in [4.69, 9.17) is 0 Å². The van der Waals surface area contributed by atoms with E-state index in [1.54, 1.807) is 0 Å². The SMILES string of the molecule is CCCCC1CCCN1CNC(C)CCC. The Morgan fingerprint density at radius 2 is 2.12 bits per heavy atom. The maximum atomic E-state index is 3.66. The molecule has 96 valence electrons. The number of rotatable bonds is 8. The van der Waals surface area contributed by atoms with Crippen LogP contribution in [0.2, 0.25) is 0 Å². The van der Waals surface area contributed by atoms with E-state index in [1.165, 1.54) is 51.5 Å². The second kappa shape index (κ2) is 8.08. The molecule has 16 heavy (non-hydrogen) atoms. The van der Waals surface area contributed by atoms with Gasteiger partial charge in [-0.25, -0.2) is 0 Å². The zero-order valence-corrected chi connectivity index (χ0v) is 11.5. The fourth-order valence-corrected chi connectivity index (χ4v) is 2.68. The average molecular weight is 226 g/mol. The van der Waals surface area contributed by atoms with Gasteiger partial charge < -0.3 is 5.32 Å². The highest BCUT2D eigenvalue weighted by atomic mass is 15.3. The first-order valence-corrected chi connectivity index (χ1v) is 7.25. The topological polar surface area (TPSA) is 15.3 Å². The van der Waals surface area contributed by atoms with Gasteiger partial charge in [-0.05, 0) is 39.2 Å². The van der Waals surface area contributed by atoms with E-state index in [-0.39, 0.29) is 0 Å². The van der Waals surface area contributed by atoms with Crippen LogP contribution in [0.4, 0.5) is 0 Å². The van der Waals surface area contributed by atoms with Crippen LogP contribution in [0, 0.1) is 0 Å². The van der Waals surface area contributed by atoms with Crippen LogP contribution in [0.25, 0.3) is 0 Å². The van der Waals surface area contributed by atoms with Gasteiger partial charge in [0.15, 0.2) is 0 Å². The lowest BCUT2D eigenvalue weighted by molar-refractivity contribution is 0.211. The molecule has 1 heterocycles. The first-order valence-electron chi connectivity index (χ1n) is 7.25. The lowest BCUT2D eigenvalue weighted by Gasteiger charge is -2.26. The molecular weight excluding hydrogens is 196 g/mol. The van der Waals surface area contributed by atoms with E-state index < -0.39 is 0 Å². The number of unbranched alkanes of at least 4 members (excludes halogenated alkanes) is 1. The van der Waals surface area contributed by atoms with Gasteiger partial charge in [0.05, 0.1) is 0 Å². The van der Waals surface area contributed by atoms with Crippen LogP contribution >= 0.6 is 0 Å². The minimum Gasteiger partial charge on any atom is -0.302 e. The van der Waals surface area contributed by atoms with Gasteiger partial charge in [-0.3, -0.25) is 4.90 Å². The predicted molar refractivity (Wildman–Crippen MR) is 71.6 cm³/mol. The molecule has 1 fully saturated rings. The highest BCUT2D eigenvalue weighted by Crippen LogP contribution is 2.21. The van der Waals surface area contributed by atoms with Crippen LogP contribution in [0.15, 0.2) is 0 Å². The predicted octanol–water partition coefficient (Wildman–Crippen LogP) is 3.38. The smallest absolute Gasteiger partial charge is 0.0485 e. The third-order valence-corrected chi connectivity index (χ3v) is 3.75. The number of hydrogen-bond donors (Lipinski definition) is 1. The van der Waals surface area contributed by atoms with Crippen molar-refractivity contribution in [3.8, 4) is 0 Å². The van der Waals surface area contributed by atoms with Crippen LogP contribution in [0.5, 0.6) is 0 Å². The molecule has 2 unspecified atom stereocenters. The summed E-state index contributed by atoms with van der Waals surface area (Å²) in [6, 6.07) is 1.54. The van der Waals surface area contributed by atoms with Gasteiger partial charge in [0.2, 0.25) is 0 Å². The molecule has 1 aliphatic heterocycles. The lowest BCUT2D eigenvalue weighted by Crippen LogP contribution is -2.41. The van der Waals surface area contributed by atoms with Crippen molar-refractivity contribution < 1.29 is 0 Å². The summed E-state index contributed by atoms with van der Waals surface area (Å²) in [6.45, 7) is 9.27. The van der Waals surface area contributed by atoms with Crippen LogP contribution in [0.3, 0.4) is 0 Å². The Bertz CT molecular complexity index is 170. The lowest BCUT2D eigenvalue weighted by atomic mass is 10.1. The molecular formula is C14H30N2. The second-order valence-electron chi connectivity index (χ2n) is 5.30. The molecule has 0 aromatic heterocycles. The van der Waals surface area contributed by atoms with Gasteiger partial charge in [0.1, 0.15) is 0 Å². The Hall–Kier alpha value is -0.0800. The maximum absolute atomic E-state index is 3.66. The molecule has 0 bridgehead atoms. The summed E-state index contributed by atoms with van der Waals surface area (Å²) in [7, 11) is 0. The van der Waals surface area contributed by atoms with Crippen molar-refractivity contribution in [2.24, 2.45) is 0 Å². The molecule has 0 aliphatic carbocycles. The van der Waals surface area contributed by atoms with Gasteiger partial charge >= 0.3 is 0 Å². The van der Waals surface area contributed by atoms with Crippen LogP contribution in [-0.2, 0) is 0 Å². The molecule has 1 saturated heterocycles. The third-order valence-electron chi connectivity index (χ3n) is 3.75. The summed E-state index contributed by atoms with van der Waals surface area (Å²) < 4.78 is 0. The molecule has 2 nitrogen and oxygen atoms in total. The highest BCUT2D eigenvalue weighted by molar-refractivity contribution is 4.78. The van der Waals surface area contributed by atoms with E-state index >= 15 is 0 Å². The van der Waals surface area contributed by atoms with Crippen molar-refractivity contribution in [1.82, 2.24) is 10.2 Å². The molecule has 1 aliphatic rings. The summed E-state index contributed by atoms with van der Waals surface area (Å²) in [4.78, 5) is 2.65. The highest BCUT2D eigenvalue weighted by Gasteiger charge is 2.23. The van der Waals surface area contributed by atoms with Crippen molar-refractivity contribution in [2.45, 2.75) is 77.8 Å². The molecule has 0 aromatic rings. The van der Waals surface area contributed by atoms with Gasteiger partial charge in [0.25, 0.3) is 0 Å². The van der Waals surface area contributed by atoms with Crippen molar-refractivity contribution >= 4 is 0 Å². The average Bonchev–Trinajstić information content (AvgIpc) is 2.71. The maximum Gasteiger partial charge on any atom is 0.0485 e. The Morgan fingerprint density at radius 1 is 1.31 bits per heavy atom. The first kappa shape index (κ1) is 14.0. The monoisotopic (exact) mass is 226 g/mol. The summed E-state index contributed by atoms with van der Waals surface area (Å²) in [5.74, 6) is 0. The number of nitrogens with zero attached hydrogens (tertiary/aromatic N) is 1. The van der Waals surface area contributed by atoms with E-state index in [1.807, 2.05) is 0 Å². The Morgan fingerprint density at radius 3 is 2.81 bits per heavy atom. The zero-order chi connectivity index (χ0) is 11.8. The number of likely N-dealkylation sites (tertiary alicyclic amines) is 1. The molecule has 1 N–H and O–H groups in total. The molecule has 0 aromatic carbocycles. The summed E-state index contributed by atoms with van der Waals surface area (Å²) >= 11 is 0. The Balaban J connectivity index is 2.18. The van der Waals surface area contributed by atoms with Gasteiger partial charge in [-0.2, -0.15) is 0 Å². The molecule has 0 spiro atoms. The quantitative estimate of drug-likeness (QED) is 0.682. The summed E-state index contributed by atoms with van der Waals surface area (Å²) in [5, 5.41) is 3.66. The molecule has 0 amide bonds. The Kier molecular flexibility index (Phi) is 7.06. The third kappa shape index (κ3) is 4.84. The number of nitrogens with one attached hydrogen (secondary N) is 1. The van der Waals surface area contributed by atoms with Crippen LogP contribution in [-0.4, -0.2) is 30.2 Å². The first-order chi connectivity index (χ1) is 7.77. The van der Waals surface area contributed by atoms with Gasteiger partial charge in [-0.1, -0.05) is 33.1 Å². The van der Waals surface area contributed by atoms with Crippen LogP contribution < -0.4 is 5.32 Å².